The van der Waals surface area contributed by atoms with Crippen molar-refractivity contribution in [2.45, 2.75) is 6.42 Å². The summed E-state index contributed by atoms with van der Waals surface area (Å²) in [6.45, 7) is 0.000406. The largest absolute Gasteiger partial charge is 0.497 e. The SMILES string of the molecule is COC(=O)CNC(=O)[C@@H]1CC(=O)N(c2ccc(OC)cc2OC)C1. The van der Waals surface area contributed by atoms with Crippen LogP contribution < -0.4 is 19.7 Å². The highest BCUT2D eigenvalue weighted by molar-refractivity contribution is 6.01. The molecule has 1 N–H and O–H groups in total. The molecule has 0 saturated carbocycles. The summed E-state index contributed by atoms with van der Waals surface area (Å²) < 4.78 is 14.9. The molecular formula is C16H20N2O6. The van der Waals surface area contributed by atoms with Crippen molar-refractivity contribution in [2.24, 2.45) is 5.92 Å². The zero-order chi connectivity index (χ0) is 17.7. The normalized spacial score (nSPS) is 16.7. The molecule has 1 saturated heterocycles. The standard InChI is InChI=1S/C16H20N2O6/c1-22-11-4-5-12(13(7-11)23-2)18-9-10(6-14(18)19)16(21)17-8-15(20)24-3/h4-5,7,10H,6,8-9H2,1-3H3,(H,17,21)/t10-/m1/s1. The predicted octanol–water partition coefficient (Wildman–Crippen LogP) is 0.346. The Kier molecular flexibility index (Phi) is 5.62. The van der Waals surface area contributed by atoms with Gasteiger partial charge in [0.25, 0.3) is 0 Å². The van der Waals surface area contributed by atoms with Gasteiger partial charge in [0.15, 0.2) is 0 Å². The summed E-state index contributed by atoms with van der Waals surface area (Å²) in [5.41, 5.74) is 0.576. The average molecular weight is 336 g/mol. The number of ether oxygens (including phenoxy) is 3. The number of hydrogen-bond acceptors (Lipinski definition) is 6. The van der Waals surface area contributed by atoms with Gasteiger partial charge in [-0.1, -0.05) is 0 Å². The van der Waals surface area contributed by atoms with Gasteiger partial charge in [-0.25, -0.2) is 0 Å². The Balaban J connectivity index is 2.10. The van der Waals surface area contributed by atoms with Gasteiger partial charge in [0.2, 0.25) is 11.8 Å². The molecule has 8 heteroatoms. The molecule has 1 atom stereocenters. The number of carbonyl (C=O) groups is 3. The highest BCUT2D eigenvalue weighted by Crippen LogP contribution is 2.35. The smallest absolute Gasteiger partial charge is 0.325 e. The molecule has 0 aromatic heterocycles. The number of methoxy groups -OCH3 is 3. The molecule has 1 aromatic carbocycles. The van der Waals surface area contributed by atoms with Gasteiger partial charge in [0.1, 0.15) is 18.0 Å². The number of nitrogens with one attached hydrogen (secondary N) is 1. The molecule has 0 aliphatic carbocycles. The van der Waals surface area contributed by atoms with Crippen molar-refractivity contribution in [3.8, 4) is 11.5 Å². The van der Waals surface area contributed by atoms with Crippen LogP contribution in [0.1, 0.15) is 6.42 Å². The first kappa shape index (κ1) is 17.6. The van der Waals surface area contributed by atoms with E-state index < -0.39 is 11.9 Å². The number of anilines is 1. The fourth-order valence-electron chi connectivity index (χ4n) is 2.50. The molecule has 1 aliphatic rings. The summed E-state index contributed by atoms with van der Waals surface area (Å²) in [5, 5.41) is 2.47. The highest BCUT2D eigenvalue weighted by Gasteiger charge is 2.36. The molecule has 24 heavy (non-hydrogen) atoms. The monoisotopic (exact) mass is 336 g/mol. The lowest BCUT2D eigenvalue weighted by Crippen LogP contribution is -2.36. The first-order chi connectivity index (χ1) is 11.5. The number of esters is 1. The fourth-order valence-corrected chi connectivity index (χ4v) is 2.50. The van der Waals surface area contributed by atoms with Crippen LogP contribution in [-0.4, -0.2) is 52.2 Å². The van der Waals surface area contributed by atoms with Gasteiger partial charge in [-0.3, -0.25) is 14.4 Å². The van der Waals surface area contributed by atoms with E-state index in [-0.39, 0.29) is 31.3 Å². The Labute approximate surface area is 139 Å². The van der Waals surface area contributed by atoms with Crippen molar-refractivity contribution < 1.29 is 28.6 Å². The van der Waals surface area contributed by atoms with E-state index in [1.165, 1.54) is 26.2 Å². The molecule has 1 aromatic rings. The van der Waals surface area contributed by atoms with E-state index in [4.69, 9.17) is 9.47 Å². The van der Waals surface area contributed by atoms with Crippen LogP contribution in [0.4, 0.5) is 5.69 Å². The molecule has 2 amide bonds. The Hall–Kier alpha value is -2.77. The third-order valence-electron chi connectivity index (χ3n) is 3.81. The zero-order valence-electron chi connectivity index (χ0n) is 13.8. The number of amides is 2. The van der Waals surface area contributed by atoms with Crippen molar-refractivity contribution in [2.75, 3.05) is 39.3 Å². The van der Waals surface area contributed by atoms with Crippen LogP contribution in [0.2, 0.25) is 0 Å². The molecule has 2 rings (SSSR count). The molecule has 0 bridgehead atoms. The molecule has 1 aliphatic heterocycles. The first-order valence-corrected chi connectivity index (χ1v) is 7.37. The van der Waals surface area contributed by atoms with Gasteiger partial charge >= 0.3 is 5.97 Å². The summed E-state index contributed by atoms with van der Waals surface area (Å²) in [5.74, 6) is -0.524. The van der Waals surface area contributed by atoms with E-state index >= 15 is 0 Å². The molecule has 0 unspecified atom stereocenters. The maximum Gasteiger partial charge on any atom is 0.325 e. The van der Waals surface area contributed by atoms with Crippen LogP contribution in [0.5, 0.6) is 11.5 Å². The minimum absolute atomic E-state index is 0.0716. The van der Waals surface area contributed by atoms with Crippen molar-refractivity contribution in [1.29, 1.82) is 0 Å². The van der Waals surface area contributed by atoms with E-state index in [0.717, 1.165) is 0 Å². The quantitative estimate of drug-likeness (QED) is 0.753. The van der Waals surface area contributed by atoms with Crippen molar-refractivity contribution in [3.05, 3.63) is 18.2 Å². The Morgan fingerprint density at radius 3 is 2.62 bits per heavy atom. The Morgan fingerprint density at radius 1 is 1.25 bits per heavy atom. The number of nitrogens with zero attached hydrogens (tertiary/aromatic N) is 1. The zero-order valence-corrected chi connectivity index (χ0v) is 13.8. The minimum atomic E-state index is -0.540. The second-order valence-electron chi connectivity index (χ2n) is 5.24. The maximum atomic E-state index is 12.3. The van der Waals surface area contributed by atoms with Gasteiger partial charge in [-0.2, -0.15) is 0 Å². The second kappa shape index (κ2) is 7.67. The molecule has 130 valence electrons. The van der Waals surface area contributed by atoms with Gasteiger partial charge in [-0.05, 0) is 12.1 Å². The van der Waals surface area contributed by atoms with E-state index in [9.17, 15) is 14.4 Å². The number of carbonyl (C=O) groups excluding carboxylic acids is 3. The topological polar surface area (TPSA) is 94.2 Å². The lowest BCUT2D eigenvalue weighted by Gasteiger charge is -2.20. The lowest BCUT2D eigenvalue weighted by molar-refractivity contribution is -0.141. The highest BCUT2D eigenvalue weighted by atomic mass is 16.5. The number of hydrogen-bond donors (Lipinski definition) is 1. The van der Waals surface area contributed by atoms with Crippen LogP contribution in [0.3, 0.4) is 0 Å². The summed E-state index contributed by atoms with van der Waals surface area (Å²) >= 11 is 0. The number of rotatable bonds is 6. The molecule has 1 heterocycles. The van der Waals surface area contributed by atoms with Crippen molar-refractivity contribution in [3.63, 3.8) is 0 Å². The van der Waals surface area contributed by atoms with Gasteiger partial charge in [-0.15, -0.1) is 0 Å². The van der Waals surface area contributed by atoms with E-state index in [1.54, 1.807) is 18.2 Å². The van der Waals surface area contributed by atoms with Crippen molar-refractivity contribution >= 4 is 23.5 Å². The maximum absolute atomic E-state index is 12.3. The van der Waals surface area contributed by atoms with Crippen LogP contribution in [0, 0.1) is 5.92 Å². The number of benzene rings is 1. The van der Waals surface area contributed by atoms with Gasteiger partial charge in [0.05, 0.1) is 32.9 Å². The molecule has 0 radical (unpaired) electrons. The third-order valence-corrected chi connectivity index (χ3v) is 3.81. The average Bonchev–Trinajstić information content (AvgIpc) is 3.00. The van der Waals surface area contributed by atoms with Crippen LogP contribution in [0.15, 0.2) is 18.2 Å². The molecule has 0 spiro atoms. The summed E-state index contributed by atoms with van der Waals surface area (Å²) in [6.07, 6.45) is 0.0716. The van der Waals surface area contributed by atoms with Gasteiger partial charge in [0, 0.05) is 19.0 Å². The van der Waals surface area contributed by atoms with Crippen LogP contribution in [-0.2, 0) is 19.1 Å². The van der Waals surface area contributed by atoms with Crippen molar-refractivity contribution in [1.82, 2.24) is 5.32 Å². The summed E-state index contributed by atoms with van der Waals surface area (Å²) in [4.78, 5) is 37.0. The molecule has 1 fully saturated rings. The minimum Gasteiger partial charge on any atom is -0.497 e. The van der Waals surface area contributed by atoms with E-state index in [0.29, 0.717) is 17.2 Å². The summed E-state index contributed by atoms with van der Waals surface area (Å²) in [7, 11) is 4.28. The van der Waals surface area contributed by atoms with E-state index in [1.807, 2.05) is 0 Å². The second-order valence-corrected chi connectivity index (χ2v) is 5.24. The van der Waals surface area contributed by atoms with Gasteiger partial charge < -0.3 is 24.4 Å². The Morgan fingerprint density at radius 2 is 2.00 bits per heavy atom. The first-order valence-electron chi connectivity index (χ1n) is 7.37. The van der Waals surface area contributed by atoms with Crippen LogP contribution in [0.25, 0.3) is 0 Å². The Bertz CT molecular complexity index is 645. The lowest BCUT2D eigenvalue weighted by atomic mass is 10.1. The third kappa shape index (κ3) is 3.76. The predicted molar refractivity (Wildman–Crippen MR) is 85.0 cm³/mol. The summed E-state index contributed by atoms with van der Waals surface area (Å²) in [6, 6.07) is 5.10. The van der Waals surface area contributed by atoms with Crippen LogP contribution >= 0.6 is 0 Å². The van der Waals surface area contributed by atoms with E-state index in [2.05, 4.69) is 10.1 Å². The fraction of sp³-hybridized carbons (Fsp3) is 0.438. The molecular weight excluding hydrogens is 316 g/mol. The molecule has 8 nitrogen and oxygen atoms in total.